The first-order chi connectivity index (χ1) is 12.0. The predicted octanol–water partition coefficient (Wildman–Crippen LogP) is 1.56. The van der Waals surface area contributed by atoms with E-state index < -0.39 is 0 Å². The third-order valence-electron chi connectivity index (χ3n) is 3.95. The van der Waals surface area contributed by atoms with Gasteiger partial charge in [0.2, 0.25) is 5.95 Å². The number of fused-ring (bicyclic) bond motifs is 1. The molecule has 4 aromatic rings. The molecule has 3 heterocycles. The maximum atomic E-state index is 12.3. The van der Waals surface area contributed by atoms with Crippen LogP contribution < -0.4 is 11.3 Å². The second-order valence-electron chi connectivity index (χ2n) is 5.66. The number of para-hydroxylation sites is 1. The number of nitrogens with zero attached hydrogens (tertiary/aromatic N) is 6. The van der Waals surface area contributed by atoms with Gasteiger partial charge in [0.15, 0.2) is 11.5 Å². The van der Waals surface area contributed by atoms with Gasteiger partial charge in [-0.25, -0.2) is 9.97 Å². The van der Waals surface area contributed by atoms with E-state index in [4.69, 9.17) is 5.73 Å². The summed E-state index contributed by atoms with van der Waals surface area (Å²) in [5, 5.41) is 4.51. The topological polar surface area (TPSA) is 105 Å². The lowest BCUT2D eigenvalue weighted by atomic mass is 10.2. The number of hydrogen-bond acceptors (Lipinski definition) is 6. The Morgan fingerprint density at radius 2 is 1.84 bits per heavy atom. The van der Waals surface area contributed by atoms with Crippen molar-refractivity contribution < 1.29 is 0 Å². The zero-order valence-electron chi connectivity index (χ0n) is 13.7. The Labute approximate surface area is 142 Å². The quantitative estimate of drug-likeness (QED) is 0.597. The first-order valence-corrected chi connectivity index (χ1v) is 7.69. The van der Waals surface area contributed by atoms with Crippen LogP contribution in [0, 0.1) is 13.8 Å². The van der Waals surface area contributed by atoms with Gasteiger partial charge in [-0.2, -0.15) is 9.67 Å². The highest BCUT2D eigenvalue weighted by atomic mass is 16.1. The summed E-state index contributed by atoms with van der Waals surface area (Å²) < 4.78 is 3.13. The van der Waals surface area contributed by atoms with E-state index in [1.807, 2.05) is 38.1 Å². The van der Waals surface area contributed by atoms with Crippen LogP contribution in [0.5, 0.6) is 0 Å². The number of nitrogens with two attached hydrogens (primary N) is 1. The van der Waals surface area contributed by atoms with Gasteiger partial charge in [-0.1, -0.05) is 18.2 Å². The Morgan fingerprint density at radius 1 is 1.04 bits per heavy atom. The van der Waals surface area contributed by atoms with Gasteiger partial charge in [0.05, 0.1) is 11.9 Å². The van der Waals surface area contributed by atoms with Crippen molar-refractivity contribution in [1.29, 1.82) is 0 Å². The summed E-state index contributed by atoms with van der Waals surface area (Å²) in [5.74, 6) is 1.36. The lowest BCUT2D eigenvalue weighted by Gasteiger charge is -2.11. The highest BCUT2D eigenvalue weighted by Gasteiger charge is 2.14. The average molecular weight is 333 g/mol. The van der Waals surface area contributed by atoms with Crippen molar-refractivity contribution in [2.45, 2.75) is 13.8 Å². The molecule has 0 saturated heterocycles. The number of aryl methyl sites for hydroxylation is 2. The smallest absolute Gasteiger partial charge is 0.271 e. The van der Waals surface area contributed by atoms with E-state index in [0.29, 0.717) is 22.8 Å². The van der Waals surface area contributed by atoms with Crippen LogP contribution in [0.2, 0.25) is 0 Å². The van der Waals surface area contributed by atoms with Crippen LogP contribution in [0.1, 0.15) is 11.4 Å². The van der Waals surface area contributed by atoms with Crippen molar-refractivity contribution in [2.75, 3.05) is 5.73 Å². The van der Waals surface area contributed by atoms with E-state index in [1.54, 1.807) is 16.8 Å². The molecule has 124 valence electrons. The minimum absolute atomic E-state index is 0.154. The highest BCUT2D eigenvalue weighted by molar-refractivity contribution is 5.73. The molecule has 0 aliphatic heterocycles. The Kier molecular flexibility index (Phi) is 3.31. The summed E-state index contributed by atoms with van der Waals surface area (Å²) in [5.41, 5.74) is 8.33. The summed E-state index contributed by atoms with van der Waals surface area (Å²) in [6.45, 7) is 3.77. The fourth-order valence-corrected chi connectivity index (χ4v) is 2.77. The maximum Gasteiger partial charge on any atom is 0.271 e. The van der Waals surface area contributed by atoms with Crippen molar-refractivity contribution in [1.82, 2.24) is 29.3 Å². The number of hydrogen-bond donors (Lipinski definition) is 1. The van der Waals surface area contributed by atoms with Crippen molar-refractivity contribution >= 4 is 17.1 Å². The van der Waals surface area contributed by atoms with Crippen LogP contribution in [0.25, 0.3) is 22.7 Å². The SMILES string of the molecule is Cc1ccccc1-n1nc(-n2c(C)nc3cnc(N)nc32)ccc1=O. The van der Waals surface area contributed by atoms with Crippen LogP contribution in [-0.4, -0.2) is 29.3 Å². The number of imidazole rings is 1. The van der Waals surface area contributed by atoms with E-state index in [0.717, 1.165) is 11.3 Å². The Balaban J connectivity index is 1.98. The molecule has 8 nitrogen and oxygen atoms in total. The summed E-state index contributed by atoms with van der Waals surface area (Å²) >= 11 is 0. The largest absolute Gasteiger partial charge is 0.368 e. The van der Waals surface area contributed by atoms with Crippen LogP contribution in [0.15, 0.2) is 47.4 Å². The van der Waals surface area contributed by atoms with Crippen molar-refractivity contribution in [2.24, 2.45) is 0 Å². The Hall–Kier alpha value is -3.55. The first kappa shape index (κ1) is 15.0. The molecule has 1 aromatic carbocycles. The van der Waals surface area contributed by atoms with Gasteiger partial charge in [0.25, 0.3) is 5.56 Å². The van der Waals surface area contributed by atoms with Gasteiger partial charge in [-0.05, 0) is 31.5 Å². The number of anilines is 1. The molecule has 0 aliphatic carbocycles. The molecule has 0 atom stereocenters. The van der Waals surface area contributed by atoms with Crippen LogP contribution in [0.3, 0.4) is 0 Å². The molecule has 0 unspecified atom stereocenters. The second-order valence-corrected chi connectivity index (χ2v) is 5.66. The van der Waals surface area contributed by atoms with E-state index >= 15 is 0 Å². The minimum Gasteiger partial charge on any atom is -0.368 e. The van der Waals surface area contributed by atoms with E-state index in [1.165, 1.54) is 10.7 Å². The molecule has 0 radical (unpaired) electrons. The lowest BCUT2D eigenvalue weighted by molar-refractivity contribution is 0.765. The fraction of sp³-hybridized carbons (Fsp3) is 0.118. The van der Waals surface area contributed by atoms with Crippen molar-refractivity contribution in [3.05, 3.63) is 64.3 Å². The number of rotatable bonds is 2. The standard InChI is InChI=1S/C17H15N7O/c1-10-5-3-4-6-13(10)24-15(25)8-7-14(22-24)23-11(2)20-12-9-19-17(18)21-16(12)23/h3-9H,1-2H3,(H2,18,19,21). The first-order valence-electron chi connectivity index (χ1n) is 7.69. The van der Waals surface area contributed by atoms with Gasteiger partial charge in [0, 0.05) is 6.07 Å². The normalized spacial score (nSPS) is 11.1. The lowest BCUT2D eigenvalue weighted by Crippen LogP contribution is -2.22. The Bertz CT molecular complexity index is 1160. The molecule has 0 saturated carbocycles. The predicted molar refractivity (Wildman–Crippen MR) is 93.9 cm³/mol. The molecule has 2 N–H and O–H groups in total. The summed E-state index contributed by atoms with van der Waals surface area (Å²) in [7, 11) is 0. The number of aromatic nitrogens is 6. The summed E-state index contributed by atoms with van der Waals surface area (Å²) in [6, 6.07) is 10.7. The second kappa shape index (κ2) is 5.52. The molecule has 3 aromatic heterocycles. The van der Waals surface area contributed by atoms with Gasteiger partial charge in [-0.3, -0.25) is 9.36 Å². The summed E-state index contributed by atoms with van der Waals surface area (Å²) in [6.07, 6.45) is 1.57. The van der Waals surface area contributed by atoms with E-state index in [9.17, 15) is 4.79 Å². The van der Waals surface area contributed by atoms with Crippen molar-refractivity contribution in [3.8, 4) is 11.5 Å². The molecule has 0 fully saturated rings. The molecule has 0 amide bonds. The molecule has 8 heteroatoms. The zero-order chi connectivity index (χ0) is 17.6. The molecule has 4 rings (SSSR count). The van der Waals surface area contributed by atoms with Gasteiger partial charge in [-0.15, -0.1) is 5.10 Å². The van der Waals surface area contributed by atoms with Gasteiger partial charge in [0.1, 0.15) is 11.3 Å². The number of benzene rings is 1. The molecule has 0 bridgehead atoms. The van der Waals surface area contributed by atoms with Crippen molar-refractivity contribution in [3.63, 3.8) is 0 Å². The third-order valence-corrected chi connectivity index (χ3v) is 3.95. The van der Waals surface area contributed by atoms with Gasteiger partial charge < -0.3 is 5.73 Å². The third kappa shape index (κ3) is 2.44. The average Bonchev–Trinajstić information content (AvgIpc) is 2.91. The van der Waals surface area contributed by atoms with Crippen LogP contribution in [-0.2, 0) is 0 Å². The monoisotopic (exact) mass is 333 g/mol. The van der Waals surface area contributed by atoms with Crippen LogP contribution in [0.4, 0.5) is 5.95 Å². The Morgan fingerprint density at radius 3 is 2.64 bits per heavy atom. The molecule has 0 spiro atoms. The maximum absolute atomic E-state index is 12.3. The van der Waals surface area contributed by atoms with Crippen LogP contribution >= 0.6 is 0 Å². The summed E-state index contributed by atoms with van der Waals surface area (Å²) in [4.78, 5) is 25.0. The molecular formula is C17H15N7O. The minimum atomic E-state index is -0.214. The molecule has 0 aliphatic rings. The fourth-order valence-electron chi connectivity index (χ4n) is 2.77. The van der Waals surface area contributed by atoms with E-state index in [2.05, 4.69) is 20.1 Å². The van der Waals surface area contributed by atoms with Gasteiger partial charge >= 0.3 is 0 Å². The highest BCUT2D eigenvalue weighted by Crippen LogP contribution is 2.18. The molecular weight excluding hydrogens is 318 g/mol. The number of nitrogen functional groups attached to an aromatic ring is 1. The zero-order valence-corrected chi connectivity index (χ0v) is 13.7. The van der Waals surface area contributed by atoms with E-state index in [-0.39, 0.29) is 11.5 Å². The molecule has 25 heavy (non-hydrogen) atoms.